The van der Waals surface area contributed by atoms with Gasteiger partial charge >= 0.3 is 0 Å². The van der Waals surface area contributed by atoms with Gasteiger partial charge in [0, 0.05) is 25.7 Å². The summed E-state index contributed by atoms with van der Waals surface area (Å²) in [5.74, 6) is 0.582. The molecule has 0 radical (unpaired) electrons. The van der Waals surface area contributed by atoms with Crippen LogP contribution in [0.5, 0.6) is 0 Å². The van der Waals surface area contributed by atoms with Crippen molar-refractivity contribution in [2.24, 2.45) is 10.7 Å². The Kier molecular flexibility index (Phi) is 3.79. The van der Waals surface area contributed by atoms with Crippen molar-refractivity contribution >= 4 is 37.3 Å². The van der Waals surface area contributed by atoms with Gasteiger partial charge in [0.15, 0.2) is 0 Å². The zero-order valence-corrected chi connectivity index (χ0v) is 14.3. The molecule has 3 heteroatoms. The van der Waals surface area contributed by atoms with Gasteiger partial charge in [-0.3, -0.25) is 4.99 Å². The molecule has 1 aromatic heterocycles. The standard InChI is InChI=1S/C21H18N2S/c1-14(23-21(22)15-7-3-2-4-8-15)16-11-12-20-18(13-16)17-9-5-6-10-19(17)24-20/h2-14H,1H3,(H2,22,23). The summed E-state index contributed by atoms with van der Waals surface area (Å²) in [7, 11) is 0. The van der Waals surface area contributed by atoms with Crippen LogP contribution in [0.25, 0.3) is 20.2 Å². The van der Waals surface area contributed by atoms with Gasteiger partial charge in [-0.2, -0.15) is 0 Å². The molecule has 1 unspecified atom stereocenters. The highest BCUT2D eigenvalue weighted by molar-refractivity contribution is 7.25. The Balaban J connectivity index is 1.74. The van der Waals surface area contributed by atoms with E-state index in [-0.39, 0.29) is 6.04 Å². The first-order valence-corrected chi connectivity index (χ1v) is 8.84. The SMILES string of the molecule is CC(N=C(N)c1ccccc1)c1ccc2sc3ccccc3c2c1. The average molecular weight is 330 g/mol. The normalized spacial score (nSPS) is 13.5. The second kappa shape index (κ2) is 6.10. The van der Waals surface area contributed by atoms with Crippen LogP contribution in [-0.2, 0) is 0 Å². The molecule has 4 rings (SSSR count). The summed E-state index contributed by atoms with van der Waals surface area (Å²) in [6, 6.07) is 25.1. The van der Waals surface area contributed by atoms with Gasteiger partial charge in [-0.05, 0) is 30.7 Å². The van der Waals surface area contributed by atoms with Gasteiger partial charge in [0.25, 0.3) is 0 Å². The predicted octanol–water partition coefficient (Wildman–Crippen LogP) is 5.52. The number of nitrogens with two attached hydrogens (primary N) is 1. The number of hydrogen-bond acceptors (Lipinski definition) is 2. The van der Waals surface area contributed by atoms with Gasteiger partial charge in [0.05, 0.1) is 6.04 Å². The Morgan fingerprint density at radius 2 is 1.58 bits per heavy atom. The van der Waals surface area contributed by atoms with Crippen LogP contribution in [-0.4, -0.2) is 5.84 Å². The first-order chi connectivity index (χ1) is 11.7. The Bertz CT molecular complexity index is 1030. The lowest BCUT2D eigenvalue weighted by Gasteiger charge is -2.09. The van der Waals surface area contributed by atoms with E-state index < -0.39 is 0 Å². The van der Waals surface area contributed by atoms with Crippen molar-refractivity contribution < 1.29 is 0 Å². The predicted molar refractivity (Wildman–Crippen MR) is 105 cm³/mol. The molecule has 3 aromatic carbocycles. The molecule has 0 saturated heterocycles. The van der Waals surface area contributed by atoms with E-state index in [1.54, 1.807) is 0 Å². The summed E-state index contributed by atoms with van der Waals surface area (Å²) >= 11 is 1.83. The van der Waals surface area contributed by atoms with Crippen LogP contribution in [0, 0.1) is 0 Å². The minimum atomic E-state index is 0.0215. The molecule has 0 spiro atoms. The van der Waals surface area contributed by atoms with Crippen LogP contribution >= 0.6 is 11.3 Å². The molecule has 0 amide bonds. The third kappa shape index (κ3) is 2.68. The molecule has 0 fully saturated rings. The molecule has 0 bridgehead atoms. The fourth-order valence-electron chi connectivity index (χ4n) is 2.97. The summed E-state index contributed by atoms with van der Waals surface area (Å²) < 4.78 is 2.64. The van der Waals surface area contributed by atoms with Crippen LogP contribution in [0.4, 0.5) is 0 Å². The first-order valence-electron chi connectivity index (χ1n) is 8.02. The van der Waals surface area contributed by atoms with E-state index in [0.717, 1.165) is 5.56 Å². The van der Waals surface area contributed by atoms with Crippen molar-refractivity contribution in [3.8, 4) is 0 Å². The minimum absolute atomic E-state index is 0.0215. The lowest BCUT2D eigenvalue weighted by atomic mass is 10.0. The number of fused-ring (bicyclic) bond motifs is 3. The van der Waals surface area contributed by atoms with Crippen LogP contribution < -0.4 is 5.73 Å². The maximum absolute atomic E-state index is 6.17. The molecule has 4 aromatic rings. The van der Waals surface area contributed by atoms with Crippen LogP contribution in [0.3, 0.4) is 0 Å². The molecule has 0 aliphatic rings. The molecule has 2 nitrogen and oxygen atoms in total. The van der Waals surface area contributed by atoms with Crippen molar-refractivity contribution in [2.75, 3.05) is 0 Å². The zero-order valence-electron chi connectivity index (χ0n) is 13.4. The highest BCUT2D eigenvalue weighted by atomic mass is 32.1. The lowest BCUT2D eigenvalue weighted by Crippen LogP contribution is -2.14. The Labute approximate surface area is 145 Å². The van der Waals surface area contributed by atoms with Gasteiger partial charge in [-0.15, -0.1) is 11.3 Å². The topological polar surface area (TPSA) is 38.4 Å². The maximum atomic E-state index is 6.17. The van der Waals surface area contributed by atoms with E-state index in [2.05, 4.69) is 54.4 Å². The van der Waals surface area contributed by atoms with Crippen molar-refractivity contribution in [3.63, 3.8) is 0 Å². The van der Waals surface area contributed by atoms with Gasteiger partial charge in [0.2, 0.25) is 0 Å². The van der Waals surface area contributed by atoms with Crippen LogP contribution in [0.15, 0.2) is 77.8 Å². The van der Waals surface area contributed by atoms with E-state index in [4.69, 9.17) is 5.73 Å². The Morgan fingerprint density at radius 3 is 2.42 bits per heavy atom. The number of nitrogens with zero attached hydrogens (tertiary/aromatic N) is 1. The van der Waals surface area contributed by atoms with Gasteiger partial charge in [-0.25, -0.2) is 0 Å². The fraction of sp³-hybridized carbons (Fsp3) is 0.0952. The van der Waals surface area contributed by atoms with Crippen molar-refractivity contribution in [1.29, 1.82) is 0 Å². The number of rotatable bonds is 3. The molecular formula is C21H18N2S. The van der Waals surface area contributed by atoms with Gasteiger partial charge in [-0.1, -0.05) is 54.6 Å². The van der Waals surface area contributed by atoms with E-state index in [0.29, 0.717) is 5.84 Å². The smallest absolute Gasteiger partial charge is 0.126 e. The molecule has 24 heavy (non-hydrogen) atoms. The van der Waals surface area contributed by atoms with E-state index in [9.17, 15) is 0 Å². The van der Waals surface area contributed by atoms with Crippen molar-refractivity contribution in [3.05, 3.63) is 83.9 Å². The number of amidine groups is 1. The van der Waals surface area contributed by atoms with Gasteiger partial charge in [0.1, 0.15) is 5.84 Å². The van der Waals surface area contributed by atoms with Crippen LogP contribution in [0.2, 0.25) is 0 Å². The molecule has 0 aliphatic heterocycles. The van der Waals surface area contributed by atoms with E-state index in [1.165, 1.54) is 25.7 Å². The molecule has 118 valence electrons. The third-order valence-electron chi connectivity index (χ3n) is 4.29. The first kappa shape index (κ1) is 14.9. The quantitative estimate of drug-likeness (QED) is 0.390. The molecule has 0 saturated carbocycles. The monoisotopic (exact) mass is 330 g/mol. The average Bonchev–Trinajstić information content (AvgIpc) is 3.00. The molecule has 0 aliphatic carbocycles. The zero-order chi connectivity index (χ0) is 16.5. The molecule has 2 N–H and O–H groups in total. The summed E-state index contributed by atoms with van der Waals surface area (Å²) in [6.45, 7) is 2.09. The largest absolute Gasteiger partial charge is 0.383 e. The molecular weight excluding hydrogens is 312 g/mol. The number of hydrogen-bond donors (Lipinski definition) is 1. The van der Waals surface area contributed by atoms with Gasteiger partial charge < -0.3 is 5.73 Å². The maximum Gasteiger partial charge on any atom is 0.126 e. The summed E-state index contributed by atoms with van der Waals surface area (Å²) in [6.07, 6.45) is 0. The number of benzene rings is 3. The van der Waals surface area contributed by atoms with E-state index >= 15 is 0 Å². The molecule has 1 heterocycles. The summed E-state index contributed by atoms with van der Waals surface area (Å²) in [4.78, 5) is 4.69. The second-order valence-electron chi connectivity index (χ2n) is 5.91. The Hall–Kier alpha value is -2.65. The number of thiophene rings is 1. The highest BCUT2D eigenvalue weighted by Crippen LogP contribution is 2.35. The fourth-order valence-corrected chi connectivity index (χ4v) is 4.06. The lowest BCUT2D eigenvalue weighted by molar-refractivity contribution is 0.820. The highest BCUT2D eigenvalue weighted by Gasteiger charge is 2.10. The number of aliphatic imine (C=N–C) groups is 1. The Morgan fingerprint density at radius 1 is 0.875 bits per heavy atom. The third-order valence-corrected chi connectivity index (χ3v) is 5.44. The summed E-state index contributed by atoms with van der Waals surface area (Å²) in [5.41, 5.74) is 8.32. The second-order valence-corrected chi connectivity index (χ2v) is 6.99. The van der Waals surface area contributed by atoms with E-state index in [1.807, 2.05) is 41.7 Å². The van der Waals surface area contributed by atoms with Crippen molar-refractivity contribution in [1.82, 2.24) is 0 Å². The molecule has 1 atom stereocenters. The minimum Gasteiger partial charge on any atom is -0.383 e. The van der Waals surface area contributed by atoms with Crippen LogP contribution in [0.1, 0.15) is 24.1 Å². The van der Waals surface area contributed by atoms with Crippen molar-refractivity contribution in [2.45, 2.75) is 13.0 Å². The summed E-state index contributed by atoms with van der Waals surface area (Å²) in [5, 5.41) is 2.61.